The van der Waals surface area contributed by atoms with Gasteiger partial charge < -0.3 is 9.64 Å². The number of thiazole rings is 1. The summed E-state index contributed by atoms with van der Waals surface area (Å²) in [5, 5.41) is 0.524. The Morgan fingerprint density at radius 3 is 2.38 bits per heavy atom. The van der Waals surface area contributed by atoms with E-state index in [1.54, 1.807) is 17.0 Å². The first-order chi connectivity index (χ1) is 15.0. The average Bonchev–Trinajstić information content (AvgIpc) is 3.14. The summed E-state index contributed by atoms with van der Waals surface area (Å²) in [6.45, 7) is 5.23. The van der Waals surface area contributed by atoms with Crippen LogP contribution < -0.4 is 9.64 Å². The first-order valence-corrected chi connectivity index (χ1v) is 13.0. The molecule has 7 nitrogen and oxygen atoms in total. The zero-order valence-electron chi connectivity index (χ0n) is 19.0. The molecule has 1 heterocycles. The molecule has 0 atom stereocenters. The largest absolute Gasteiger partial charge is 0.484 e. The molecule has 172 valence electrons. The summed E-state index contributed by atoms with van der Waals surface area (Å²) in [6.07, 6.45) is 1.17. The van der Waals surface area contributed by atoms with Crippen LogP contribution in [0.1, 0.15) is 25.3 Å². The Kier molecular flexibility index (Phi) is 7.53. The summed E-state index contributed by atoms with van der Waals surface area (Å²) in [7, 11) is 0.554. The number of carbonyl (C=O) groups excluding carboxylic acids is 1. The van der Waals surface area contributed by atoms with E-state index in [0.717, 1.165) is 4.70 Å². The fourth-order valence-electron chi connectivity index (χ4n) is 3.04. The van der Waals surface area contributed by atoms with Crippen LogP contribution in [0.4, 0.5) is 5.13 Å². The standard InChI is InChI=1S/C23H29N3O4S2/c1-16(2)17-6-8-18(9-7-17)30-15-22(27)26(13-12-25(3)4)23-24-20-11-10-19(32(5,28)29)14-21(20)31-23/h6-11,14,16H,12-13,15H2,1-5H3. The summed E-state index contributed by atoms with van der Waals surface area (Å²) in [4.78, 5) is 21.5. The number of likely N-dealkylation sites (N-methyl/N-ethyl adjacent to an activating group) is 1. The molecule has 3 aromatic rings. The van der Waals surface area contributed by atoms with Gasteiger partial charge in [-0.25, -0.2) is 13.4 Å². The number of sulfone groups is 1. The SMILES string of the molecule is CC(C)c1ccc(OCC(=O)N(CCN(C)C)c2nc3ccc(S(C)(=O)=O)cc3s2)cc1. The van der Waals surface area contributed by atoms with Gasteiger partial charge in [0.25, 0.3) is 5.91 Å². The number of amides is 1. The van der Waals surface area contributed by atoms with E-state index in [2.05, 4.69) is 18.8 Å². The van der Waals surface area contributed by atoms with Gasteiger partial charge in [0.2, 0.25) is 0 Å². The maximum absolute atomic E-state index is 13.1. The summed E-state index contributed by atoms with van der Waals surface area (Å²) in [6, 6.07) is 12.6. The fourth-order valence-corrected chi connectivity index (χ4v) is 4.81. The Bertz CT molecular complexity index is 1190. The number of nitrogens with zero attached hydrogens (tertiary/aromatic N) is 3. The molecule has 0 N–H and O–H groups in total. The van der Waals surface area contributed by atoms with Gasteiger partial charge in [-0.3, -0.25) is 9.69 Å². The van der Waals surface area contributed by atoms with Crippen molar-refractivity contribution in [3.63, 3.8) is 0 Å². The molecule has 0 saturated heterocycles. The molecule has 0 unspecified atom stereocenters. The predicted octanol–water partition coefficient (Wildman–Crippen LogP) is 3.80. The smallest absolute Gasteiger partial charge is 0.266 e. The van der Waals surface area contributed by atoms with Crippen molar-refractivity contribution in [2.24, 2.45) is 0 Å². The van der Waals surface area contributed by atoms with E-state index < -0.39 is 9.84 Å². The van der Waals surface area contributed by atoms with Crippen LogP contribution >= 0.6 is 11.3 Å². The normalized spacial score (nSPS) is 12.0. The van der Waals surface area contributed by atoms with Crippen molar-refractivity contribution in [3.05, 3.63) is 48.0 Å². The number of ether oxygens (including phenoxy) is 1. The molecule has 0 fully saturated rings. The highest BCUT2D eigenvalue weighted by Gasteiger charge is 2.21. The number of benzene rings is 2. The third-order valence-electron chi connectivity index (χ3n) is 4.99. The van der Waals surface area contributed by atoms with Crippen LogP contribution in [0.3, 0.4) is 0 Å². The van der Waals surface area contributed by atoms with Gasteiger partial charge in [0.15, 0.2) is 21.6 Å². The molecule has 32 heavy (non-hydrogen) atoms. The van der Waals surface area contributed by atoms with Gasteiger partial charge in [-0.15, -0.1) is 0 Å². The zero-order valence-corrected chi connectivity index (χ0v) is 20.7. The highest BCUT2D eigenvalue weighted by molar-refractivity contribution is 7.90. The number of anilines is 1. The maximum atomic E-state index is 13.1. The van der Waals surface area contributed by atoms with Crippen molar-refractivity contribution in [2.75, 3.05) is 44.9 Å². The van der Waals surface area contributed by atoms with Crippen LogP contribution in [0.15, 0.2) is 47.4 Å². The Labute approximate surface area is 193 Å². The van der Waals surface area contributed by atoms with Crippen LogP contribution in [-0.4, -0.2) is 64.3 Å². The van der Waals surface area contributed by atoms with Gasteiger partial charge in [0, 0.05) is 19.3 Å². The van der Waals surface area contributed by atoms with Gasteiger partial charge in [0.05, 0.1) is 15.1 Å². The summed E-state index contributed by atoms with van der Waals surface area (Å²) >= 11 is 1.30. The molecule has 0 aliphatic carbocycles. The Morgan fingerprint density at radius 2 is 1.78 bits per heavy atom. The average molecular weight is 476 g/mol. The zero-order chi connectivity index (χ0) is 23.5. The first-order valence-electron chi connectivity index (χ1n) is 10.3. The van der Waals surface area contributed by atoms with Gasteiger partial charge in [-0.05, 0) is 55.9 Å². The van der Waals surface area contributed by atoms with Crippen LogP contribution in [0, 0.1) is 0 Å². The molecule has 0 radical (unpaired) electrons. The van der Waals surface area contributed by atoms with Gasteiger partial charge in [0.1, 0.15) is 5.75 Å². The molecule has 0 spiro atoms. The minimum absolute atomic E-state index is 0.112. The molecule has 0 aliphatic heterocycles. The Morgan fingerprint density at radius 1 is 1.09 bits per heavy atom. The number of hydrogen-bond acceptors (Lipinski definition) is 7. The monoisotopic (exact) mass is 475 g/mol. The van der Waals surface area contributed by atoms with Gasteiger partial charge in [-0.1, -0.05) is 37.3 Å². The minimum atomic E-state index is -3.32. The lowest BCUT2D eigenvalue weighted by Gasteiger charge is -2.22. The number of carbonyl (C=O) groups is 1. The van der Waals surface area contributed by atoms with E-state index in [0.29, 0.717) is 35.4 Å². The Balaban J connectivity index is 1.81. The number of hydrogen-bond donors (Lipinski definition) is 0. The topological polar surface area (TPSA) is 79.8 Å². The van der Waals surface area contributed by atoms with Crippen molar-refractivity contribution >= 4 is 42.4 Å². The van der Waals surface area contributed by atoms with E-state index in [4.69, 9.17) is 4.74 Å². The third-order valence-corrected chi connectivity index (χ3v) is 7.14. The maximum Gasteiger partial charge on any atom is 0.266 e. The van der Waals surface area contributed by atoms with Crippen LogP contribution in [0.2, 0.25) is 0 Å². The molecule has 1 amide bonds. The lowest BCUT2D eigenvalue weighted by molar-refractivity contribution is -0.120. The second kappa shape index (κ2) is 9.97. The second-order valence-corrected chi connectivity index (χ2v) is 11.3. The molecule has 2 aromatic carbocycles. The molecule has 1 aromatic heterocycles. The van der Waals surface area contributed by atoms with Crippen LogP contribution in [0.25, 0.3) is 10.2 Å². The van der Waals surface area contributed by atoms with E-state index >= 15 is 0 Å². The molecule has 9 heteroatoms. The fraction of sp³-hybridized carbons (Fsp3) is 0.391. The van der Waals surface area contributed by atoms with Crippen LogP contribution in [0.5, 0.6) is 5.75 Å². The summed E-state index contributed by atoms with van der Waals surface area (Å²) in [5.74, 6) is 0.856. The highest BCUT2D eigenvalue weighted by Crippen LogP contribution is 2.31. The van der Waals surface area contributed by atoms with E-state index in [1.807, 2.05) is 43.3 Å². The minimum Gasteiger partial charge on any atom is -0.484 e. The van der Waals surface area contributed by atoms with Crippen LogP contribution in [-0.2, 0) is 14.6 Å². The van der Waals surface area contributed by atoms with Crippen molar-refractivity contribution in [3.8, 4) is 5.75 Å². The number of rotatable bonds is 9. The van der Waals surface area contributed by atoms with Crippen molar-refractivity contribution in [1.29, 1.82) is 0 Å². The number of aromatic nitrogens is 1. The molecular formula is C23H29N3O4S2. The quantitative estimate of drug-likeness (QED) is 0.468. The highest BCUT2D eigenvalue weighted by atomic mass is 32.2. The van der Waals surface area contributed by atoms with E-state index in [-0.39, 0.29) is 17.4 Å². The number of fused-ring (bicyclic) bond motifs is 1. The summed E-state index contributed by atoms with van der Waals surface area (Å²) < 4.78 is 30.2. The van der Waals surface area contributed by atoms with Crippen molar-refractivity contribution < 1.29 is 17.9 Å². The molecular weight excluding hydrogens is 446 g/mol. The van der Waals surface area contributed by atoms with E-state index in [9.17, 15) is 13.2 Å². The lowest BCUT2D eigenvalue weighted by Crippen LogP contribution is -2.39. The lowest BCUT2D eigenvalue weighted by atomic mass is 10.0. The molecule has 3 rings (SSSR count). The summed E-state index contributed by atoms with van der Waals surface area (Å²) in [5.41, 5.74) is 1.87. The van der Waals surface area contributed by atoms with Crippen molar-refractivity contribution in [1.82, 2.24) is 9.88 Å². The Hall–Kier alpha value is -2.49. The first kappa shape index (κ1) is 24.2. The van der Waals surface area contributed by atoms with E-state index in [1.165, 1.54) is 29.2 Å². The van der Waals surface area contributed by atoms with Gasteiger partial charge in [-0.2, -0.15) is 0 Å². The predicted molar refractivity (Wildman–Crippen MR) is 130 cm³/mol. The van der Waals surface area contributed by atoms with Gasteiger partial charge >= 0.3 is 0 Å². The molecule has 0 saturated carbocycles. The molecule has 0 aliphatic rings. The second-order valence-electron chi connectivity index (χ2n) is 8.26. The van der Waals surface area contributed by atoms with Crippen molar-refractivity contribution in [2.45, 2.75) is 24.7 Å². The third kappa shape index (κ3) is 6.05. The molecule has 0 bridgehead atoms.